The second-order valence-corrected chi connectivity index (χ2v) is 5.61. The van der Waals surface area contributed by atoms with Crippen LogP contribution in [0, 0.1) is 17.2 Å². The Balaban J connectivity index is 1.77. The van der Waals surface area contributed by atoms with Crippen LogP contribution in [0.1, 0.15) is 25.3 Å². The van der Waals surface area contributed by atoms with Gasteiger partial charge in [0, 0.05) is 13.1 Å². The Morgan fingerprint density at radius 3 is 3.15 bits per heavy atom. The van der Waals surface area contributed by atoms with Gasteiger partial charge in [0.15, 0.2) is 0 Å². The fourth-order valence-corrected chi connectivity index (χ4v) is 2.65. The minimum absolute atomic E-state index is 0.264. The number of rotatable bonds is 5. The van der Waals surface area contributed by atoms with Crippen LogP contribution >= 0.6 is 0 Å². The summed E-state index contributed by atoms with van der Waals surface area (Å²) in [6, 6.07) is 9.09. The molecule has 1 aromatic rings. The van der Waals surface area contributed by atoms with E-state index in [1.165, 1.54) is 12.8 Å². The Kier molecular flexibility index (Phi) is 5.40. The maximum Gasteiger partial charge on any atom is 0.120 e. The van der Waals surface area contributed by atoms with E-state index >= 15 is 0 Å². The fraction of sp³-hybridized carbons (Fsp3) is 0.562. The lowest BCUT2D eigenvalue weighted by atomic mass is 10.0. The molecule has 0 aromatic heterocycles. The molecular formula is C16H22N2O2. The highest BCUT2D eigenvalue weighted by molar-refractivity contribution is 5.36. The largest absolute Gasteiger partial charge is 0.491 e. The minimum atomic E-state index is -0.494. The zero-order chi connectivity index (χ0) is 14.4. The van der Waals surface area contributed by atoms with E-state index in [-0.39, 0.29) is 6.61 Å². The Labute approximate surface area is 120 Å². The molecule has 1 aromatic carbocycles. The summed E-state index contributed by atoms with van der Waals surface area (Å²) in [4.78, 5) is 2.30. The van der Waals surface area contributed by atoms with Gasteiger partial charge in [-0.2, -0.15) is 5.26 Å². The van der Waals surface area contributed by atoms with E-state index in [9.17, 15) is 5.11 Å². The van der Waals surface area contributed by atoms with Crippen LogP contribution in [0.25, 0.3) is 0 Å². The maximum absolute atomic E-state index is 10.0. The first-order chi connectivity index (χ1) is 9.67. The predicted molar refractivity (Wildman–Crippen MR) is 77.5 cm³/mol. The molecule has 1 saturated heterocycles. The molecule has 108 valence electrons. The Bertz CT molecular complexity index is 470. The molecule has 0 spiro atoms. The van der Waals surface area contributed by atoms with Crippen molar-refractivity contribution >= 4 is 0 Å². The number of nitrogens with zero attached hydrogens (tertiary/aromatic N) is 2. The molecule has 1 fully saturated rings. The van der Waals surface area contributed by atoms with Crippen molar-refractivity contribution in [1.29, 1.82) is 5.26 Å². The lowest BCUT2D eigenvalue weighted by Crippen LogP contribution is -2.41. The molecule has 4 nitrogen and oxygen atoms in total. The van der Waals surface area contributed by atoms with Crippen LogP contribution in [0.15, 0.2) is 24.3 Å². The van der Waals surface area contributed by atoms with Gasteiger partial charge in [-0.15, -0.1) is 0 Å². The van der Waals surface area contributed by atoms with Crippen molar-refractivity contribution in [3.63, 3.8) is 0 Å². The molecule has 1 N–H and O–H groups in total. The molecule has 2 rings (SSSR count). The summed E-state index contributed by atoms with van der Waals surface area (Å²) >= 11 is 0. The fourth-order valence-electron chi connectivity index (χ4n) is 2.65. The average Bonchev–Trinajstić information content (AvgIpc) is 2.45. The summed E-state index contributed by atoms with van der Waals surface area (Å²) in [6.07, 6.45) is 1.99. The summed E-state index contributed by atoms with van der Waals surface area (Å²) in [6.45, 7) is 5.29. The zero-order valence-corrected chi connectivity index (χ0v) is 12.0. The molecule has 4 heteroatoms. The first-order valence-corrected chi connectivity index (χ1v) is 7.20. The standard InChI is InChI=1S/C16H22N2O2/c1-13-4-3-7-18(10-13)11-15(19)12-20-16-6-2-5-14(8-16)9-17/h2,5-6,8,13,15,19H,3-4,7,10-12H2,1H3. The number of hydrogen-bond acceptors (Lipinski definition) is 4. The molecule has 0 saturated carbocycles. The Hall–Kier alpha value is -1.57. The third-order valence-corrected chi connectivity index (χ3v) is 3.62. The summed E-state index contributed by atoms with van der Waals surface area (Å²) < 4.78 is 5.55. The number of likely N-dealkylation sites (tertiary alicyclic amines) is 1. The van der Waals surface area contributed by atoms with Crippen molar-refractivity contribution in [3.8, 4) is 11.8 Å². The first kappa shape index (κ1) is 14.8. The molecule has 0 aliphatic carbocycles. The zero-order valence-electron chi connectivity index (χ0n) is 12.0. The van der Waals surface area contributed by atoms with Crippen LogP contribution in [0.5, 0.6) is 5.75 Å². The molecule has 1 aliphatic heterocycles. The molecule has 0 radical (unpaired) electrons. The van der Waals surface area contributed by atoms with Crippen molar-refractivity contribution in [3.05, 3.63) is 29.8 Å². The van der Waals surface area contributed by atoms with E-state index in [2.05, 4.69) is 17.9 Å². The highest BCUT2D eigenvalue weighted by Crippen LogP contribution is 2.16. The lowest BCUT2D eigenvalue weighted by Gasteiger charge is -2.32. The topological polar surface area (TPSA) is 56.5 Å². The normalized spacial score (nSPS) is 21.1. The highest BCUT2D eigenvalue weighted by Gasteiger charge is 2.19. The van der Waals surface area contributed by atoms with Crippen molar-refractivity contribution in [1.82, 2.24) is 4.90 Å². The third kappa shape index (κ3) is 4.52. The van der Waals surface area contributed by atoms with E-state index in [1.807, 2.05) is 0 Å². The van der Waals surface area contributed by atoms with Crippen LogP contribution in [0.4, 0.5) is 0 Å². The van der Waals surface area contributed by atoms with Crippen LogP contribution < -0.4 is 4.74 Å². The van der Waals surface area contributed by atoms with E-state index < -0.39 is 6.10 Å². The summed E-state index contributed by atoms with van der Waals surface area (Å²) in [5.74, 6) is 1.35. The quantitative estimate of drug-likeness (QED) is 0.892. The second kappa shape index (κ2) is 7.28. The van der Waals surface area contributed by atoms with Gasteiger partial charge in [0.2, 0.25) is 0 Å². The van der Waals surface area contributed by atoms with Gasteiger partial charge in [0.05, 0.1) is 11.6 Å². The second-order valence-electron chi connectivity index (χ2n) is 5.61. The Morgan fingerprint density at radius 1 is 1.55 bits per heavy atom. The summed E-state index contributed by atoms with van der Waals surface area (Å²) in [5, 5.41) is 18.9. The predicted octanol–water partition coefficient (Wildman–Crippen LogP) is 2.03. The number of aliphatic hydroxyl groups is 1. The third-order valence-electron chi connectivity index (χ3n) is 3.62. The van der Waals surface area contributed by atoms with Gasteiger partial charge in [-0.25, -0.2) is 0 Å². The van der Waals surface area contributed by atoms with Crippen molar-refractivity contribution in [2.45, 2.75) is 25.9 Å². The first-order valence-electron chi connectivity index (χ1n) is 7.20. The molecule has 1 heterocycles. The number of nitriles is 1. The van der Waals surface area contributed by atoms with Crippen molar-refractivity contribution in [2.75, 3.05) is 26.2 Å². The number of β-amino-alcohol motifs (C(OH)–C–C–N with tert-alkyl or cyclic N) is 1. The Morgan fingerprint density at radius 2 is 2.40 bits per heavy atom. The van der Waals surface area contributed by atoms with E-state index in [0.717, 1.165) is 13.1 Å². The van der Waals surface area contributed by atoms with Gasteiger partial charge in [-0.1, -0.05) is 13.0 Å². The van der Waals surface area contributed by atoms with Gasteiger partial charge >= 0.3 is 0 Å². The van der Waals surface area contributed by atoms with Crippen LogP contribution in [-0.2, 0) is 0 Å². The molecule has 0 bridgehead atoms. The average molecular weight is 274 g/mol. The van der Waals surface area contributed by atoms with Crippen LogP contribution in [-0.4, -0.2) is 42.4 Å². The monoisotopic (exact) mass is 274 g/mol. The lowest BCUT2D eigenvalue weighted by molar-refractivity contribution is 0.0537. The van der Waals surface area contributed by atoms with Gasteiger partial charge in [-0.3, -0.25) is 0 Å². The number of piperidine rings is 1. The van der Waals surface area contributed by atoms with Crippen molar-refractivity contribution < 1.29 is 9.84 Å². The highest BCUT2D eigenvalue weighted by atomic mass is 16.5. The van der Waals surface area contributed by atoms with Gasteiger partial charge < -0.3 is 14.7 Å². The summed E-state index contributed by atoms with van der Waals surface area (Å²) in [7, 11) is 0. The maximum atomic E-state index is 10.0. The van der Waals surface area contributed by atoms with Gasteiger partial charge in [0.1, 0.15) is 18.5 Å². The molecule has 1 aliphatic rings. The van der Waals surface area contributed by atoms with Gasteiger partial charge in [-0.05, 0) is 43.5 Å². The smallest absolute Gasteiger partial charge is 0.120 e. The van der Waals surface area contributed by atoms with Crippen LogP contribution in [0.2, 0.25) is 0 Å². The number of hydrogen-bond donors (Lipinski definition) is 1. The minimum Gasteiger partial charge on any atom is -0.491 e. The van der Waals surface area contributed by atoms with E-state index in [4.69, 9.17) is 10.00 Å². The molecule has 20 heavy (non-hydrogen) atoms. The molecule has 2 unspecified atom stereocenters. The molecular weight excluding hydrogens is 252 g/mol. The number of ether oxygens (including phenoxy) is 1. The number of aliphatic hydroxyl groups excluding tert-OH is 1. The SMILES string of the molecule is CC1CCCN(CC(O)COc2cccc(C#N)c2)C1. The van der Waals surface area contributed by atoms with E-state index in [0.29, 0.717) is 23.8 Å². The molecule has 2 atom stereocenters. The van der Waals surface area contributed by atoms with E-state index in [1.54, 1.807) is 24.3 Å². The summed E-state index contributed by atoms with van der Waals surface area (Å²) in [5.41, 5.74) is 0.571. The van der Waals surface area contributed by atoms with Crippen molar-refractivity contribution in [2.24, 2.45) is 5.92 Å². The van der Waals surface area contributed by atoms with Gasteiger partial charge in [0.25, 0.3) is 0 Å². The molecule has 0 amide bonds. The number of benzene rings is 1. The van der Waals surface area contributed by atoms with Crippen LogP contribution in [0.3, 0.4) is 0 Å².